The van der Waals surface area contributed by atoms with E-state index in [0.29, 0.717) is 5.01 Å². The highest BCUT2D eigenvalue weighted by molar-refractivity contribution is 7.16. The summed E-state index contributed by atoms with van der Waals surface area (Å²) in [5.41, 5.74) is 0.913. The molecule has 0 bridgehead atoms. The lowest BCUT2D eigenvalue weighted by Crippen LogP contribution is -1.98. The number of carboxylic acid groups (broad SMARTS) is 1. The quantitative estimate of drug-likeness (QED) is 0.909. The molecule has 1 aliphatic rings. The Morgan fingerprint density at radius 3 is 2.68 bits per heavy atom. The fourth-order valence-electron chi connectivity index (χ4n) is 1.70. The molecule has 0 atom stereocenters. The van der Waals surface area contributed by atoms with Gasteiger partial charge in [-0.3, -0.25) is 0 Å². The highest BCUT2D eigenvalue weighted by Gasteiger charge is 2.21. The largest absolute Gasteiger partial charge is 0.493 e. The number of benzene rings is 1. The molecule has 0 amide bonds. The Bertz CT molecular complexity index is 587. The van der Waals surface area contributed by atoms with Gasteiger partial charge in [-0.2, -0.15) is 0 Å². The number of hydrogen-bond acceptors (Lipinski definition) is 4. The second-order valence-electron chi connectivity index (χ2n) is 4.61. The van der Waals surface area contributed by atoms with Crippen molar-refractivity contribution in [3.05, 3.63) is 35.3 Å². The van der Waals surface area contributed by atoms with Gasteiger partial charge in [-0.15, -0.1) is 11.3 Å². The van der Waals surface area contributed by atoms with Gasteiger partial charge < -0.3 is 9.84 Å². The molecule has 0 saturated heterocycles. The second kappa shape index (κ2) is 5.01. The number of aromatic carboxylic acids is 1. The molecule has 5 heteroatoms. The fraction of sp³-hybridized carbons (Fsp3) is 0.286. The number of nitrogens with zero attached hydrogens (tertiary/aromatic N) is 1. The van der Waals surface area contributed by atoms with Gasteiger partial charge in [0.15, 0.2) is 0 Å². The maximum absolute atomic E-state index is 10.8. The van der Waals surface area contributed by atoms with E-state index < -0.39 is 5.97 Å². The van der Waals surface area contributed by atoms with Crippen LogP contribution in [0.4, 0.5) is 0 Å². The van der Waals surface area contributed by atoms with Crippen LogP contribution in [0.2, 0.25) is 0 Å². The molecule has 0 aliphatic heterocycles. The van der Waals surface area contributed by atoms with Crippen LogP contribution in [0.3, 0.4) is 0 Å². The minimum atomic E-state index is -0.937. The molecule has 2 aromatic rings. The standard InChI is InChI=1S/C14H13NO3S/c16-14(17)12-7-15-13(19-12)10-3-5-11(6-4-10)18-8-9-1-2-9/h3-7,9H,1-2,8H2,(H,16,17). The predicted octanol–water partition coefficient (Wildman–Crippen LogP) is 3.30. The van der Waals surface area contributed by atoms with Crippen molar-refractivity contribution in [2.45, 2.75) is 12.8 Å². The van der Waals surface area contributed by atoms with Gasteiger partial charge in [0.2, 0.25) is 0 Å². The van der Waals surface area contributed by atoms with Crippen molar-refractivity contribution in [2.24, 2.45) is 5.92 Å². The minimum Gasteiger partial charge on any atom is -0.493 e. The molecule has 98 valence electrons. The molecule has 0 spiro atoms. The molecule has 3 rings (SSSR count). The van der Waals surface area contributed by atoms with E-state index in [1.807, 2.05) is 24.3 Å². The van der Waals surface area contributed by atoms with Crippen LogP contribution >= 0.6 is 11.3 Å². The number of carbonyl (C=O) groups is 1. The van der Waals surface area contributed by atoms with E-state index in [4.69, 9.17) is 9.84 Å². The van der Waals surface area contributed by atoms with E-state index in [1.54, 1.807) is 0 Å². The zero-order chi connectivity index (χ0) is 13.2. The van der Waals surface area contributed by atoms with Gasteiger partial charge in [0.05, 0.1) is 12.8 Å². The molecule has 1 heterocycles. The van der Waals surface area contributed by atoms with E-state index in [2.05, 4.69) is 4.98 Å². The van der Waals surface area contributed by atoms with Crippen LogP contribution in [-0.4, -0.2) is 22.7 Å². The van der Waals surface area contributed by atoms with Gasteiger partial charge >= 0.3 is 5.97 Å². The number of carboxylic acids is 1. The van der Waals surface area contributed by atoms with Gasteiger partial charge in [0.1, 0.15) is 15.6 Å². The summed E-state index contributed by atoms with van der Waals surface area (Å²) in [6.07, 6.45) is 3.93. The van der Waals surface area contributed by atoms with Gasteiger partial charge in [-0.25, -0.2) is 9.78 Å². The van der Waals surface area contributed by atoms with Gasteiger partial charge in [-0.1, -0.05) is 0 Å². The Morgan fingerprint density at radius 1 is 1.37 bits per heavy atom. The number of thiazole rings is 1. The summed E-state index contributed by atoms with van der Waals surface area (Å²) in [5, 5.41) is 9.58. The molecular formula is C14H13NO3S. The van der Waals surface area contributed by atoms with Crippen molar-refractivity contribution >= 4 is 17.3 Å². The summed E-state index contributed by atoms with van der Waals surface area (Å²) in [4.78, 5) is 15.2. The summed E-state index contributed by atoms with van der Waals surface area (Å²) < 4.78 is 5.65. The molecule has 0 unspecified atom stereocenters. The van der Waals surface area contributed by atoms with Gasteiger partial charge in [0.25, 0.3) is 0 Å². The number of aromatic nitrogens is 1. The lowest BCUT2D eigenvalue weighted by molar-refractivity contribution is 0.0702. The average molecular weight is 275 g/mol. The number of rotatable bonds is 5. The fourth-order valence-corrected chi connectivity index (χ4v) is 2.46. The molecule has 1 saturated carbocycles. The Morgan fingerprint density at radius 2 is 2.11 bits per heavy atom. The van der Waals surface area contributed by atoms with E-state index in [0.717, 1.165) is 23.8 Å². The lowest BCUT2D eigenvalue weighted by atomic mass is 10.2. The van der Waals surface area contributed by atoms with E-state index in [1.165, 1.54) is 30.4 Å². The topological polar surface area (TPSA) is 59.4 Å². The first-order valence-electron chi connectivity index (χ1n) is 6.15. The third-order valence-corrected chi connectivity index (χ3v) is 4.03. The van der Waals surface area contributed by atoms with Crippen molar-refractivity contribution in [1.82, 2.24) is 4.98 Å². The summed E-state index contributed by atoms with van der Waals surface area (Å²) in [6, 6.07) is 7.62. The van der Waals surface area contributed by atoms with Crippen LogP contribution in [0.1, 0.15) is 22.5 Å². The molecular weight excluding hydrogens is 262 g/mol. The van der Waals surface area contributed by atoms with Crippen molar-refractivity contribution in [3.8, 4) is 16.3 Å². The molecule has 1 aliphatic carbocycles. The van der Waals surface area contributed by atoms with Gasteiger partial charge in [0, 0.05) is 5.56 Å². The zero-order valence-corrected chi connectivity index (χ0v) is 11.0. The predicted molar refractivity (Wildman–Crippen MR) is 72.7 cm³/mol. The van der Waals surface area contributed by atoms with Crippen LogP contribution in [0.15, 0.2) is 30.5 Å². The Labute approximate surface area is 114 Å². The maximum Gasteiger partial charge on any atom is 0.347 e. The average Bonchev–Trinajstić information content (AvgIpc) is 3.11. The molecule has 19 heavy (non-hydrogen) atoms. The first kappa shape index (κ1) is 12.2. The molecule has 0 radical (unpaired) electrons. The summed E-state index contributed by atoms with van der Waals surface area (Å²) in [6.45, 7) is 0.791. The Kier molecular flexibility index (Phi) is 3.21. The SMILES string of the molecule is O=C(O)c1cnc(-c2ccc(OCC3CC3)cc2)s1. The van der Waals surface area contributed by atoms with Crippen molar-refractivity contribution in [3.63, 3.8) is 0 Å². The van der Waals surface area contributed by atoms with Crippen molar-refractivity contribution in [2.75, 3.05) is 6.61 Å². The van der Waals surface area contributed by atoms with Crippen LogP contribution < -0.4 is 4.74 Å². The highest BCUT2D eigenvalue weighted by atomic mass is 32.1. The smallest absolute Gasteiger partial charge is 0.347 e. The molecule has 1 aromatic carbocycles. The van der Waals surface area contributed by atoms with E-state index in [9.17, 15) is 4.79 Å². The van der Waals surface area contributed by atoms with E-state index in [-0.39, 0.29) is 4.88 Å². The Balaban J connectivity index is 1.71. The normalized spacial score (nSPS) is 14.3. The lowest BCUT2D eigenvalue weighted by Gasteiger charge is -2.05. The third kappa shape index (κ3) is 2.93. The third-order valence-electron chi connectivity index (χ3n) is 3.00. The summed E-state index contributed by atoms with van der Waals surface area (Å²) in [7, 11) is 0. The molecule has 4 nitrogen and oxygen atoms in total. The Hall–Kier alpha value is -1.88. The van der Waals surface area contributed by atoms with Crippen LogP contribution in [0.5, 0.6) is 5.75 Å². The van der Waals surface area contributed by atoms with Crippen LogP contribution in [-0.2, 0) is 0 Å². The number of hydrogen-bond donors (Lipinski definition) is 1. The van der Waals surface area contributed by atoms with Crippen LogP contribution in [0, 0.1) is 5.92 Å². The monoisotopic (exact) mass is 275 g/mol. The minimum absolute atomic E-state index is 0.254. The molecule has 1 N–H and O–H groups in total. The van der Waals surface area contributed by atoms with E-state index >= 15 is 0 Å². The summed E-state index contributed by atoms with van der Waals surface area (Å²) >= 11 is 1.18. The first-order chi connectivity index (χ1) is 9.22. The number of ether oxygens (including phenoxy) is 1. The van der Waals surface area contributed by atoms with Gasteiger partial charge in [-0.05, 0) is 43.0 Å². The first-order valence-corrected chi connectivity index (χ1v) is 6.96. The molecule has 1 fully saturated rings. The summed E-state index contributed by atoms with van der Waals surface area (Å²) in [5.74, 6) is 0.649. The van der Waals surface area contributed by atoms with Crippen LogP contribution in [0.25, 0.3) is 10.6 Å². The maximum atomic E-state index is 10.8. The van der Waals surface area contributed by atoms with Crippen molar-refractivity contribution in [1.29, 1.82) is 0 Å². The van der Waals surface area contributed by atoms with Crippen molar-refractivity contribution < 1.29 is 14.6 Å². The zero-order valence-electron chi connectivity index (χ0n) is 10.2. The molecule has 1 aromatic heterocycles. The highest BCUT2D eigenvalue weighted by Crippen LogP contribution is 2.30. The second-order valence-corrected chi connectivity index (χ2v) is 5.64.